The van der Waals surface area contributed by atoms with Crippen LogP contribution in [0.25, 0.3) is 11.0 Å². The van der Waals surface area contributed by atoms with Crippen LogP contribution in [0.1, 0.15) is 25.7 Å². The number of hydrogen-bond acceptors (Lipinski definition) is 6. The van der Waals surface area contributed by atoms with Crippen LogP contribution in [0.4, 0.5) is 15.9 Å². The lowest BCUT2D eigenvalue weighted by Gasteiger charge is -2.43. The minimum Gasteiger partial charge on any atom is -0.374 e. The highest BCUT2D eigenvalue weighted by molar-refractivity contribution is 6.35. The normalized spacial score (nSPS) is 21.9. The first kappa shape index (κ1) is 21.2. The van der Waals surface area contributed by atoms with Crippen molar-refractivity contribution in [1.29, 1.82) is 0 Å². The molecular formula is C21H22Cl2FN7O. The monoisotopic (exact) mass is 477 g/mol. The molecule has 0 aliphatic carbocycles. The molecule has 2 fully saturated rings. The molecule has 0 saturated carbocycles. The van der Waals surface area contributed by atoms with E-state index in [-0.39, 0.29) is 22.0 Å². The van der Waals surface area contributed by atoms with Crippen LogP contribution in [0.2, 0.25) is 10.0 Å². The third-order valence-electron chi connectivity index (χ3n) is 6.16. The number of nitrogens with zero attached hydrogens (tertiary/aromatic N) is 5. The van der Waals surface area contributed by atoms with E-state index in [1.54, 1.807) is 6.20 Å². The molecule has 32 heavy (non-hydrogen) atoms. The minimum atomic E-state index is -0.658. The van der Waals surface area contributed by atoms with E-state index in [1.807, 2.05) is 4.90 Å². The van der Waals surface area contributed by atoms with E-state index >= 15 is 0 Å². The lowest BCUT2D eigenvalue weighted by Crippen LogP contribution is -2.56. The Kier molecular flexibility index (Phi) is 5.77. The topological polar surface area (TPSA) is 90.0 Å². The van der Waals surface area contributed by atoms with Gasteiger partial charge in [0.15, 0.2) is 11.5 Å². The summed E-state index contributed by atoms with van der Waals surface area (Å²) < 4.78 is 13.7. The zero-order valence-electron chi connectivity index (χ0n) is 17.2. The lowest BCUT2D eigenvalue weighted by atomic mass is 9.97. The predicted molar refractivity (Wildman–Crippen MR) is 122 cm³/mol. The molecule has 0 unspecified atom stereocenters. The number of anilines is 2. The Morgan fingerprint density at radius 3 is 2.72 bits per heavy atom. The molecule has 3 aromatic rings. The maximum Gasteiger partial charge on any atom is 0.245 e. The number of hydrogen-bond donors (Lipinski definition) is 2. The number of aromatic nitrogens is 4. The summed E-state index contributed by atoms with van der Waals surface area (Å²) in [4.78, 5) is 26.2. The molecule has 11 heteroatoms. The smallest absolute Gasteiger partial charge is 0.245 e. The number of H-pyrrole nitrogens is 1. The van der Waals surface area contributed by atoms with Gasteiger partial charge in [0.05, 0.1) is 21.6 Å². The number of likely N-dealkylation sites (tertiary alicyclic amines) is 1. The molecule has 0 radical (unpaired) electrons. The van der Waals surface area contributed by atoms with Crippen molar-refractivity contribution in [1.82, 2.24) is 25.1 Å². The molecule has 1 amide bonds. The Labute approximate surface area is 194 Å². The molecule has 2 aromatic heterocycles. The zero-order chi connectivity index (χ0) is 22.2. The van der Waals surface area contributed by atoms with Crippen molar-refractivity contribution in [2.45, 2.75) is 37.8 Å². The van der Waals surface area contributed by atoms with Gasteiger partial charge in [-0.05, 0) is 37.8 Å². The number of halogens is 3. The molecule has 8 nitrogen and oxygen atoms in total. The molecule has 5 rings (SSSR count). The second-order valence-electron chi connectivity index (χ2n) is 8.20. The number of benzene rings is 1. The third kappa shape index (κ3) is 3.95. The standard InChI is InChI=1S/C21H22Cl2FN7O/c22-15-7-12(8-16(23)18(15)24)28-17-4-2-6-31(21(17)32)13-3-1-5-30(10-13)20-14-9-27-29-19(14)25-11-26-20/h7-9,11,13,17,28H,1-6,10H2,(H,25,26,27,29)/t13-,17-/m1/s1. The van der Waals surface area contributed by atoms with Gasteiger partial charge in [0.2, 0.25) is 5.91 Å². The van der Waals surface area contributed by atoms with Crippen molar-refractivity contribution < 1.29 is 9.18 Å². The molecule has 168 valence electrons. The van der Waals surface area contributed by atoms with Gasteiger partial charge >= 0.3 is 0 Å². The summed E-state index contributed by atoms with van der Waals surface area (Å²) in [6.45, 7) is 2.28. The molecule has 2 aliphatic rings. The fourth-order valence-electron chi connectivity index (χ4n) is 4.64. The molecule has 0 bridgehead atoms. The molecule has 2 atom stereocenters. The number of rotatable bonds is 4. The van der Waals surface area contributed by atoms with Gasteiger partial charge in [-0.3, -0.25) is 9.89 Å². The first-order valence-electron chi connectivity index (χ1n) is 10.6. The fraction of sp³-hybridized carbons (Fsp3) is 0.429. The number of fused-ring (bicyclic) bond motifs is 1. The lowest BCUT2D eigenvalue weighted by molar-refractivity contribution is -0.137. The van der Waals surface area contributed by atoms with Gasteiger partial charge in [0.1, 0.15) is 18.2 Å². The Morgan fingerprint density at radius 1 is 1.12 bits per heavy atom. The summed E-state index contributed by atoms with van der Waals surface area (Å²) in [5, 5.41) is 10.9. The van der Waals surface area contributed by atoms with Crippen molar-refractivity contribution in [2.24, 2.45) is 0 Å². The first-order chi connectivity index (χ1) is 15.5. The molecular weight excluding hydrogens is 456 g/mol. The van der Waals surface area contributed by atoms with E-state index in [0.29, 0.717) is 30.8 Å². The predicted octanol–water partition coefficient (Wildman–Crippen LogP) is 3.87. The number of carbonyl (C=O) groups is 1. The van der Waals surface area contributed by atoms with Gasteiger partial charge in [-0.1, -0.05) is 23.2 Å². The van der Waals surface area contributed by atoms with E-state index in [4.69, 9.17) is 23.2 Å². The van der Waals surface area contributed by atoms with Crippen LogP contribution < -0.4 is 10.2 Å². The quantitative estimate of drug-likeness (QED) is 0.554. The van der Waals surface area contributed by atoms with Crippen LogP contribution >= 0.6 is 23.2 Å². The Hall–Kier alpha value is -2.65. The molecule has 1 aromatic carbocycles. The van der Waals surface area contributed by atoms with Crippen molar-refractivity contribution >= 4 is 51.6 Å². The molecule has 2 N–H and O–H groups in total. The number of amides is 1. The number of piperidine rings is 2. The SMILES string of the molecule is O=C1[C@H](Nc2cc(Cl)c(F)c(Cl)c2)CCCN1[C@@H]1CCCN(c2ncnc3[nH]ncc23)C1. The summed E-state index contributed by atoms with van der Waals surface area (Å²) in [6, 6.07) is 2.60. The average molecular weight is 478 g/mol. The Bertz CT molecular complexity index is 1130. The van der Waals surface area contributed by atoms with Crippen LogP contribution in [0.5, 0.6) is 0 Å². The zero-order valence-corrected chi connectivity index (χ0v) is 18.7. The molecule has 4 heterocycles. The van der Waals surface area contributed by atoms with Crippen LogP contribution in [0.15, 0.2) is 24.7 Å². The number of carbonyl (C=O) groups excluding carboxylic acids is 1. The average Bonchev–Trinajstić information content (AvgIpc) is 3.28. The van der Waals surface area contributed by atoms with Gasteiger partial charge in [-0.2, -0.15) is 5.10 Å². The van der Waals surface area contributed by atoms with Gasteiger partial charge in [-0.25, -0.2) is 14.4 Å². The van der Waals surface area contributed by atoms with Crippen molar-refractivity contribution in [3.05, 3.63) is 40.5 Å². The number of nitrogens with one attached hydrogen (secondary N) is 2. The van der Waals surface area contributed by atoms with Gasteiger partial charge in [-0.15, -0.1) is 0 Å². The van der Waals surface area contributed by atoms with Gasteiger partial charge in [0, 0.05) is 31.4 Å². The summed E-state index contributed by atoms with van der Waals surface area (Å²) in [6.07, 6.45) is 6.73. The van der Waals surface area contributed by atoms with Gasteiger partial charge < -0.3 is 15.1 Å². The Morgan fingerprint density at radius 2 is 1.91 bits per heavy atom. The largest absolute Gasteiger partial charge is 0.374 e. The van der Waals surface area contributed by atoms with E-state index in [0.717, 1.165) is 37.0 Å². The first-order valence-corrected chi connectivity index (χ1v) is 11.4. The molecule has 2 aliphatic heterocycles. The molecule has 2 saturated heterocycles. The van der Waals surface area contributed by atoms with Crippen LogP contribution in [0, 0.1) is 5.82 Å². The van der Waals surface area contributed by atoms with Crippen LogP contribution in [0.3, 0.4) is 0 Å². The summed E-state index contributed by atoms with van der Waals surface area (Å²) >= 11 is 11.8. The Balaban J connectivity index is 1.32. The fourth-order valence-corrected chi connectivity index (χ4v) is 5.13. The maximum absolute atomic E-state index is 13.7. The summed E-state index contributed by atoms with van der Waals surface area (Å²) in [5.41, 5.74) is 1.24. The summed E-state index contributed by atoms with van der Waals surface area (Å²) in [5.74, 6) is 0.216. The van der Waals surface area contributed by atoms with Crippen molar-refractivity contribution in [2.75, 3.05) is 29.9 Å². The van der Waals surface area contributed by atoms with Crippen LogP contribution in [-0.4, -0.2) is 62.7 Å². The van der Waals surface area contributed by atoms with Crippen LogP contribution in [-0.2, 0) is 4.79 Å². The van der Waals surface area contributed by atoms with Crippen molar-refractivity contribution in [3.63, 3.8) is 0 Å². The second-order valence-corrected chi connectivity index (χ2v) is 9.01. The van der Waals surface area contributed by atoms with Gasteiger partial charge in [0.25, 0.3) is 0 Å². The van der Waals surface area contributed by atoms with E-state index in [1.165, 1.54) is 18.5 Å². The molecule has 0 spiro atoms. The highest BCUT2D eigenvalue weighted by Gasteiger charge is 2.36. The van der Waals surface area contributed by atoms with E-state index in [9.17, 15) is 9.18 Å². The summed E-state index contributed by atoms with van der Waals surface area (Å²) in [7, 11) is 0. The van der Waals surface area contributed by atoms with E-state index < -0.39 is 11.9 Å². The number of aromatic amines is 1. The minimum absolute atomic E-state index is 0.0378. The van der Waals surface area contributed by atoms with Crippen molar-refractivity contribution in [3.8, 4) is 0 Å². The highest BCUT2D eigenvalue weighted by Crippen LogP contribution is 2.30. The third-order valence-corrected chi connectivity index (χ3v) is 6.71. The second kappa shape index (κ2) is 8.71. The maximum atomic E-state index is 13.7. The van der Waals surface area contributed by atoms with E-state index in [2.05, 4.69) is 30.4 Å². The highest BCUT2D eigenvalue weighted by atomic mass is 35.5.